The van der Waals surface area contributed by atoms with Gasteiger partial charge in [-0.25, -0.2) is 0 Å². The van der Waals surface area contributed by atoms with Gasteiger partial charge in [0.25, 0.3) is 0 Å². The highest BCUT2D eigenvalue weighted by atomic mass is 16.5. The lowest BCUT2D eigenvalue weighted by molar-refractivity contribution is 0.184. The molecule has 0 bridgehead atoms. The van der Waals surface area contributed by atoms with Crippen LogP contribution in [-0.4, -0.2) is 38.4 Å². The second kappa shape index (κ2) is 6.58. The molecule has 0 saturated carbocycles. The number of hydrogen-bond acceptors (Lipinski definition) is 3. The largest absolute Gasteiger partial charge is 0.381 e. The van der Waals surface area contributed by atoms with E-state index in [-0.39, 0.29) is 0 Å². The molecule has 3 heteroatoms. The van der Waals surface area contributed by atoms with Crippen LogP contribution in [0.15, 0.2) is 0 Å². The molecule has 0 aromatic carbocycles. The van der Waals surface area contributed by atoms with Crippen LogP contribution in [0.3, 0.4) is 0 Å². The predicted molar refractivity (Wildman–Crippen MR) is 66.6 cm³/mol. The highest BCUT2D eigenvalue weighted by Crippen LogP contribution is 2.16. The summed E-state index contributed by atoms with van der Waals surface area (Å²) >= 11 is 0. The minimum absolute atomic E-state index is 0.651. The van der Waals surface area contributed by atoms with E-state index in [4.69, 9.17) is 4.74 Å². The molecule has 0 radical (unpaired) electrons. The van der Waals surface area contributed by atoms with E-state index < -0.39 is 0 Å². The van der Waals surface area contributed by atoms with Gasteiger partial charge in [0.15, 0.2) is 0 Å². The molecule has 2 aliphatic heterocycles. The molecule has 0 amide bonds. The minimum Gasteiger partial charge on any atom is -0.381 e. The standard InChI is InChI=1S/C13H26N2O/c1-11(9-13-3-2-6-15-13)14-7-4-12-5-8-16-10-12/h11-15H,2-10H2,1H3. The van der Waals surface area contributed by atoms with Crippen LogP contribution in [0.2, 0.25) is 0 Å². The van der Waals surface area contributed by atoms with Crippen LogP contribution in [0, 0.1) is 5.92 Å². The Balaban J connectivity index is 1.51. The Morgan fingerprint density at radius 3 is 3.06 bits per heavy atom. The molecule has 3 nitrogen and oxygen atoms in total. The first-order chi connectivity index (χ1) is 7.84. The lowest BCUT2D eigenvalue weighted by Crippen LogP contribution is -2.34. The van der Waals surface area contributed by atoms with Gasteiger partial charge in [-0.15, -0.1) is 0 Å². The van der Waals surface area contributed by atoms with E-state index in [1.807, 2.05) is 0 Å². The summed E-state index contributed by atoms with van der Waals surface area (Å²) in [5.74, 6) is 0.810. The third-order valence-electron chi connectivity index (χ3n) is 3.87. The zero-order valence-electron chi connectivity index (χ0n) is 10.5. The molecular formula is C13H26N2O. The fourth-order valence-corrected chi connectivity index (χ4v) is 2.81. The van der Waals surface area contributed by atoms with Crippen LogP contribution in [-0.2, 0) is 4.74 Å². The van der Waals surface area contributed by atoms with E-state index in [2.05, 4.69) is 17.6 Å². The van der Waals surface area contributed by atoms with Gasteiger partial charge in [-0.05, 0) is 58.0 Å². The topological polar surface area (TPSA) is 33.3 Å². The van der Waals surface area contributed by atoms with Crippen LogP contribution in [0.1, 0.15) is 39.0 Å². The van der Waals surface area contributed by atoms with Crippen molar-refractivity contribution < 1.29 is 4.74 Å². The fourth-order valence-electron chi connectivity index (χ4n) is 2.81. The third kappa shape index (κ3) is 4.04. The van der Waals surface area contributed by atoms with Crippen molar-refractivity contribution in [3.8, 4) is 0 Å². The van der Waals surface area contributed by atoms with Crippen LogP contribution < -0.4 is 10.6 Å². The summed E-state index contributed by atoms with van der Waals surface area (Å²) < 4.78 is 5.38. The van der Waals surface area contributed by atoms with E-state index >= 15 is 0 Å². The molecule has 2 saturated heterocycles. The molecule has 0 aliphatic carbocycles. The summed E-state index contributed by atoms with van der Waals surface area (Å²) in [6.45, 7) is 6.65. The minimum atomic E-state index is 0.651. The molecule has 16 heavy (non-hydrogen) atoms. The molecule has 0 aromatic heterocycles. The lowest BCUT2D eigenvalue weighted by atomic mass is 10.0. The summed E-state index contributed by atoms with van der Waals surface area (Å²) in [4.78, 5) is 0. The van der Waals surface area contributed by atoms with Crippen molar-refractivity contribution in [2.75, 3.05) is 26.3 Å². The zero-order valence-corrected chi connectivity index (χ0v) is 10.5. The van der Waals surface area contributed by atoms with Crippen molar-refractivity contribution in [1.29, 1.82) is 0 Å². The Morgan fingerprint density at radius 1 is 1.44 bits per heavy atom. The Bertz CT molecular complexity index is 186. The molecule has 2 N–H and O–H groups in total. The third-order valence-corrected chi connectivity index (χ3v) is 3.87. The van der Waals surface area contributed by atoms with Crippen molar-refractivity contribution in [2.24, 2.45) is 5.92 Å². The Labute approximate surface area is 99.3 Å². The van der Waals surface area contributed by atoms with Crippen molar-refractivity contribution >= 4 is 0 Å². The summed E-state index contributed by atoms with van der Waals surface area (Å²) in [6, 6.07) is 1.41. The predicted octanol–water partition coefficient (Wildman–Crippen LogP) is 1.53. The Kier molecular flexibility index (Phi) is 5.07. The molecule has 2 aliphatic rings. The quantitative estimate of drug-likeness (QED) is 0.720. The van der Waals surface area contributed by atoms with Crippen LogP contribution in [0.4, 0.5) is 0 Å². The summed E-state index contributed by atoms with van der Waals surface area (Å²) in [5, 5.41) is 7.20. The number of nitrogens with one attached hydrogen (secondary N) is 2. The van der Waals surface area contributed by atoms with Gasteiger partial charge in [-0.3, -0.25) is 0 Å². The van der Waals surface area contributed by atoms with Gasteiger partial charge in [0.05, 0.1) is 0 Å². The number of ether oxygens (including phenoxy) is 1. The molecule has 3 atom stereocenters. The monoisotopic (exact) mass is 226 g/mol. The average Bonchev–Trinajstić information content (AvgIpc) is 2.90. The van der Waals surface area contributed by atoms with Crippen molar-refractivity contribution in [3.63, 3.8) is 0 Å². The van der Waals surface area contributed by atoms with Gasteiger partial charge in [0, 0.05) is 25.3 Å². The van der Waals surface area contributed by atoms with Crippen molar-refractivity contribution in [1.82, 2.24) is 10.6 Å². The molecule has 0 spiro atoms. The molecule has 0 aromatic rings. The van der Waals surface area contributed by atoms with E-state index in [0.29, 0.717) is 6.04 Å². The van der Waals surface area contributed by atoms with Crippen LogP contribution >= 0.6 is 0 Å². The smallest absolute Gasteiger partial charge is 0.0495 e. The number of hydrogen-bond donors (Lipinski definition) is 2. The molecule has 3 unspecified atom stereocenters. The van der Waals surface area contributed by atoms with E-state index in [0.717, 1.165) is 31.7 Å². The molecule has 94 valence electrons. The van der Waals surface area contributed by atoms with Gasteiger partial charge in [0.2, 0.25) is 0 Å². The molecule has 2 fully saturated rings. The maximum absolute atomic E-state index is 5.38. The van der Waals surface area contributed by atoms with E-state index in [1.54, 1.807) is 0 Å². The van der Waals surface area contributed by atoms with Gasteiger partial charge >= 0.3 is 0 Å². The summed E-state index contributed by atoms with van der Waals surface area (Å²) in [7, 11) is 0. The van der Waals surface area contributed by atoms with Gasteiger partial charge in [-0.2, -0.15) is 0 Å². The first kappa shape index (κ1) is 12.3. The van der Waals surface area contributed by atoms with Gasteiger partial charge < -0.3 is 15.4 Å². The normalized spacial score (nSPS) is 32.1. The second-order valence-electron chi connectivity index (χ2n) is 5.40. The lowest BCUT2D eigenvalue weighted by Gasteiger charge is -2.19. The fraction of sp³-hybridized carbons (Fsp3) is 1.00. The maximum atomic E-state index is 5.38. The van der Waals surface area contributed by atoms with E-state index in [9.17, 15) is 0 Å². The van der Waals surface area contributed by atoms with Gasteiger partial charge in [-0.1, -0.05) is 0 Å². The van der Waals surface area contributed by atoms with Crippen LogP contribution in [0.5, 0.6) is 0 Å². The van der Waals surface area contributed by atoms with Crippen molar-refractivity contribution in [2.45, 2.75) is 51.1 Å². The second-order valence-corrected chi connectivity index (χ2v) is 5.40. The molecule has 2 rings (SSSR count). The highest BCUT2D eigenvalue weighted by Gasteiger charge is 2.18. The SMILES string of the molecule is CC(CC1CCCN1)NCCC1CCOC1. The molecular weight excluding hydrogens is 200 g/mol. The zero-order chi connectivity index (χ0) is 11.2. The summed E-state index contributed by atoms with van der Waals surface area (Å²) in [6.07, 6.45) is 6.54. The Morgan fingerprint density at radius 2 is 2.38 bits per heavy atom. The maximum Gasteiger partial charge on any atom is 0.0495 e. The van der Waals surface area contributed by atoms with Crippen molar-refractivity contribution in [3.05, 3.63) is 0 Å². The first-order valence-corrected chi connectivity index (χ1v) is 6.89. The average molecular weight is 226 g/mol. The first-order valence-electron chi connectivity index (χ1n) is 6.89. The highest BCUT2D eigenvalue weighted by molar-refractivity contribution is 4.78. The Hall–Kier alpha value is -0.120. The van der Waals surface area contributed by atoms with Crippen LogP contribution in [0.25, 0.3) is 0 Å². The number of rotatable bonds is 6. The summed E-state index contributed by atoms with van der Waals surface area (Å²) in [5.41, 5.74) is 0. The molecule has 2 heterocycles. The van der Waals surface area contributed by atoms with Gasteiger partial charge in [0.1, 0.15) is 0 Å². The van der Waals surface area contributed by atoms with E-state index in [1.165, 1.54) is 38.6 Å².